The first-order chi connectivity index (χ1) is 9.41. The summed E-state index contributed by atoms with van der Waals surface area (Å²) in [5.74, 6) is 0. The standard InChI is InChI=1S/C16H28N2OS/c1-16(2,3)15-8-7-14(20-15)13(10-17)18(4)11-12-6-5-9-19-12/h7-8,12-13H,5-6,9-11,17H2,1-4H3. The van der Waals surface area contributed by atoms with Gasteiger partial charge in [0.2, 0.25) is 0 Å². The van der Waals surface area contributed by atoms with Crippen molar-refractivity contribution in [3.8, 4) is 0 Å². The highest BCUT2D eigenvalue weighted by atomic mass is 32.1. The lowest BCUT2D eigenvalue weighted by molar-refractivity contribution is 0.0694. The molecule has 1 aliphatic rings. The molecule has 2 rings (SSSR count). The maximum atomic E-state index is 6.02. The first-order valence-corrected chi connectivity index (χ1v) is 8.35. The van der Waals surface area contributed by atoms with Crippen LogP contribution in [0.3, 0.4) is 0 Å². The normalized spacial score (nSPS) is 21.6. The Bertz CT molecular complexity index is 418. The van der Waals surface area contributed by atoms with Gasteiger partial charge < -0.3 is 10.5 Å². The second-order valence-electron chi connectivity index (χ2n) is 6.78. The van der Waals surface area contributed by atoms with E-state index in [0.717, 1.165) is 13.2 Å². The maximum absolute atomic E-state index is 6.02. The molecule has 0 spiro atoms. The van der Waals surface area contributed by atoms with Crippen LogP contribution in [0.25, 0.3) is 0 Å². The first kappa shape index (κ1) is 16.0. The van der Waals surface area contributed by atoms with Crippen molar-refractivity contribution in [2.75, 3.05) is 26.7 Å². The third-order valence-electron chi connectivity index (χ3n) is 3.97. The van der Waals surface area contributed by atoms with Crippen LogP contribution in [0.1, 0.15) is 49.4 Å². The van der Waals surface area contributed by atoms with E-state index in [1.165, 1.54) is 22.6 Å². The number of hydrogen-bond donors (Lipinski definition) is 1. The highest BCUT2D eigenvalue weighted by molar-refractivity contribution is 7.12. The summed E-state index contributed by atoms with van der Waals surface area (Å²) in [6.45, 7) is 9.33. The molecule has 0 aromatic carbocycles. The molecule has 0 saturated carbocycles. The van der Waals surface area contributed by atoms with Crippen molar-refractivity contribution in [1.82, 2.24) is 4.90 Å². The predicted molar refractivity (Wildman–Crippen MR) is 86.4 cm³/mol. The summed E-state index contributed by atoms with van der Waals surface area (Å²) in [7, 11) is 2.16. The minimum atomic E-state index is 0.217. The van der Waals surface area contributed by atoms with Crippen molar-refractivity contribution in [3.63, 3.8) is 0 Å². The monoisotopic (exact) mass is 296 g/mol. The van der Waals surface area contributed by atoms with E-state index in [2.05, 4.69) is 44.9 Å². The molecular weight excluding hydrogens is 268 g/mol. The lowest BCUT2D eigenvalue weighted by Gasteiger charge is -2.28. The molecule has 20 heavy (non-hydrogen) atoms. The van der Waals surface area contributed by atoms with Gasteiger partial charge in [0, 0.05) is 29.5 Å². The predicted octanol–water partition coefficient (Wildman–Crippen LogP) is 3.16. The van der Waals surface area contributed by atoms with Gasteiger partial charge >= 0.3 is 0 Å². The quantitative estimate of drug-likeness (QED) is 0.907. The second-order valence-corrected chi connectivity index (χ2v) is 7.89. The molecule has 3 nitrogen and oxygen atoms in total. The number of rotatable bonds is 5. The number of nitrogens with zero attached hydrogens (tertiary/aromatic N) is 1. The maximum Gasteiger partial charge on any atom is 0.0702 e. The van der Waals surface area contributed by atoms with Crippen molar-refractivity contribution in [3.05, 3.63) is 21.9 Å². The fourth-order valence-corrected chi connectivity index (χ4v) is 3.93. The van der Waals surface area contributed by atoms with Gasteiger partial charge in [-0.05, 0) is 37.4 Å². The van der Waals surface area contributed by atoms with Gasteiger partial charge in [-0.25, -0.2) is 0 Å². The lowest BCUT2D eigenvalue weighted by Crippen LogP contribution is -2.35. The Balaban J connectivity index is 2.04. The van der Waals surface area contributed by atoms with Gasteiger partial charge in [-0.2, -0.15) is 0 Å². The fourth-order valence-electron chi connectivity index (χ4n) is 2.69. The highest BCUT2D eigenvalue weighted by Crippen LogP contribution is 2.34. The van der Waals surface area contributed by atoms with E-state index in [4.69, 9.17) is 10.5 Å². The summed E-state index contributed by atoms with van der Waals surface area (Å²) in [5, 5.41) is 0. The molecular formula is C16H28N2OS. The Kier molecular flexibility index (Phi) is 5.24. The zero-order valence-corrected chi connectivity index (χ0v) is 14.0. The SMILES string of the molecule is CN(CC1CCCO1)C(CN)c1ccc(C(C)(C)C)s1. The Hall–Kier alpha value is -0.420. The minimum Gasteiger partial charge on any atom is -0.377 e. The second kappa shape index (κ2) is 6.56. The largest absolute Gasteiger partial charge is 0.377 e. The lowest BCUT2D eigenvalue weighted by atomic mass is 9.95. The van der Waals surface area contributed by atoms with Crippen LogP contribution in [0.15, 0.2) is 12.1 Å². The van der Waals surface area contributed by atoms with E-state index in [9.17, 15) is 0 Å². The summed E-state index contributed by atoms with van der Waals surface area (Å²) in [4.78, 5) is 5.16. The zero-order chi connectivity index (χ0) is 14.8. The Labute approximate surface area is 127 Å². The number of hydrogen-bond acceptors (Lipinski definition) is 4. The smallest absolute Gasteiger partial charge is 0.0702 e. The summed E-state index contributed by atoms with van der Waals surface area (Å²) < 4.78 is 5.73. The van der Waals surface area contributed by atoms with Crippen LogP contribution in [0.2, 0.25) is 0 Å². The van der Waals surface area contributed by atoms with Crippen LogP contribution in [-0.2, 0) is 10.2 Å². The van der Waals surface area contributed by atoms with Crippen molar-refractivity contribution < 1.29 is 4.74 Å². The number of thiophene rings is 1. The van der Waals surface area contributed by atoms with E-state index >= 15 is 0 Å². The fraction of sp³-hybridized carbons (Fsp3) is 0.750. The molecule has 1 aromatic rings. The van der Waals surface area contributed by atoms with E-state index in [1.807, 2.05) is 11.3 Å². The van der Waals surface area contributed by atoms with E-state index in [-0.39, 0.29) is 5.41 Å². The van der Waals surface area contributed by atoms with Crippen molar-refractivity contribution in [2.45, 2.75) is 51.2 Å². The van der Waals surface area contributed by atoms with Crippen molar-refractivity contribution >= 4 is 11.3 Å². The topological polar surface area (TPSA) is 38.5 Å². The van der Waals surface area contributed by atoms with Crippen molar-refractivity contribution in [2.24, 2.45) is 5.73 Å². The van der Waals surface area contributed by atoms with E-state index in [1.54, 1.807) is 0 Å². The summed E-state index contributed by atoms with van der Waals surface area (Å²) in [5.41, 5.74) is 6.24. The van der Waals surface area contributed by atoms with Crippen LogP contribution >= 0.6 is 11.3 Å². The average molecular weight is 296 g/mol. The number of ether oxygens (including phenoxy) is 1. The Morgan fingerprint density at radius 2 is 2.20 bits per heavy atom. The van der Waals surface area contributed by atoms with Gasteiger partial charge in [0.25, 0.3) is 0 Å². The minimum absolute atomic E-state index is 0.217. The summed E-state index contributed by atoms with van der Waals surface area (Å²) >= 11 is 1.90. The molecule has 0 radical (unpaired) electrons. The summed E-state index contributed by atoms with van der Waals surface area (Å²) in [6.07, 6.45) is 2.76. The van der Waals surface area contributed by atoms with Gasteiger partial charge in [0.15, 0.2) is 0 Å². The molecule has 1 fully saturated rings. The van der Waals surface area contributed by atoms with Crippen LogP contribution in [0.4, 0.5) is 0 Å². The molecule has 2 heterocycles. The van der Waals surface area contributed by atoms with Crippen LogP contribution in [0.5, 0.6) is 0 Å². The van der Waals surface area contributed by atoms with Gasteiger partial charge in [-0.3, -0.25) is 4.90 Å². The van der Waals surface area contributed by atoms with E-state index in [0.29, 0.717) is 18.7 Å². The molecule has 4 heteroatoms. The number of nitrogens with two attached hydrogens (primary N) is 1. The molecule has 1 saturated heterocycles. The molecule has 1 aliphatic heterocycles. The molecule has 0 bridgehead atoms. The van der Waals surface area contributed by atoms with Crippen LogP contribution in [-0.4, -0.2) is 37.7 Å². The van der Waals surface area contributed by atoms with Gasteiger partial charge in [0.05, 0.1) is 12.1 Å². The van der Waals surface area contributed by atoms with E-state index < -0.39 is 0 Å². The summed E-state index contributed by atoms with van der Waals surface area (Å²) in [6, 6.07) is 4.80. The van der Waals surface area contributed by atoms with Gasteiger partial charge in [-0.1, -0.05) is 20.8 Å². The van der Waals surface area contributed by atoms with Gasteiger partial charge in [0.1, 0.15) is 0 Å². The molecule has 2 N–H and O–H groups in total. The Morgan fingerprint density at radius 3 is 2.70 bits per heavy atom. The molecule has 0 amide bonds. The average Bonchev–Trinajstić information content (AvgIpc) is 3.00. The molecule has 0 aliphatic carbocycles. The van der Waals surface area contributed by atoms with Gasteiger partial charge in [-0.15, -0.1) is 11.3 Å². The van der Waals surface area contributed by atoms with Crippen molar-refractivity contribution in [1.29, 1.82) is 0 Å². The third-order valence-corrected chi connectivity index (χ3v) is 5.58. The highest BCUT2D eigenvalue weighted by Gasteiger charge is 2.25. The van der Waals surface area contributed by atoms with Crippen LogP contribution < -0.4 is 5.73 Å². The molecule has 2 unspecified atom stereocenters. The third kappa shape index (κ3) is 3.82. The Morgan fingerprint density at radius 1 is 1.45 bits per heavy atom. The molecule has 114 valence electrons. The first-order valence-electron chi connectivity index (χ1n) is 7.54. The molecule has 1 aromatic heterocycles. The zero-order valence-electron chi connectivity index (χ0n) is 13.2. The molecule has 2 atom stereocenters. The van der Waals surface area contributed by atoms with Crippen LogP contribution in [0, 0.1) is 0 Å². The number of likely N-dealkylation sites (N-methyl/N-ethyl adjacent to an activating group) is 1.